The van der Waals surface area contributed by atoms with Gasteiger partial charge >= 0.3 is 0 Å². The third-order valence-electron chi connectivity index (χ3n) is 5.57. The van der Waals surface area contributed by atoms with Crippen molar-refractivity contribution in [1.29, 1.82) is 0 Å². The van der Waals surface area contributed by atoms with Gasteiger partial charge < -0.3 is 9.80 Å². The van der Waals surface area contributed by atoms with Crippen LogP contribution in [0.4, 0.5) is 4.39 Å². The zero-order valence-corrected chi connectivity index (χ0v) is 16.1. The summed E-state index contributed by atoms with van der Waals surface area (Å²) < 4.78 is 15.8. The first-order chi connectivity index (χ1) is 13.5. The fraction of sp³-hybridized carbons (Fsp3) is 0.474. The molecule has 7 nitrogen and oxygen atoms in total. The van der Waals surface area contributed by atoms with Gasteiger partial charge in [0.25, 0.3) is 0 Å². The van der Waals surface area contributed by atoms with Gasteiger partial charge in [0.15, 0.2) is 0 Å². The lowest BCUT2D eigenvalue weighted by Gasteiger charge is -2.26. The largest absolute Gasteiger partial charge is 0.337 e. The number of hydrogen-bond acceptors (Lipinski definition) is 4. The van der Waals surface area contributed by atoms with Gasteiger partial charge in [0.05, 0.1) is 18.6 Å². The Morgan fingerprint density at radius 3 is 2.93 bits per heavy atom. The zero-order valence-electron chi connectivity index (χ0n) is 15.3. The van der Waals surface area contributed by atoms with E-state index in [1.54, 1.807) is 28.0 Å². The van der Waals surface area contributed by atoms with Crippen LogP contribution < -0.4 is 0 Å². The van der Waals surface area contributed by atoms with Gasteiger partial charge in [-0.15, -0.1) is 0 Å². The van der Waals surface area contributed by atoms with E-state index >= 15 is 0 Å². The Balaban J connectivity index is 1.38. The van der Waals surface area contributed by atoms with Crippen molar-refractivity contribution >= 4 is 23.4 Å². The van der Waals surface area contributed by atoms with Crippen molar-refractivity contribution in [2.75, 3.05) is 6.54 Å². The van der Waals surface area contributed by atoms with E-state index in [1.165, 1.54) is 12.4 Å². The van der Waals surface area contributed by atoms with Crippen molar-refractivity contribution in [2.24, 2.45) is 0 Å². The quantitative estimate of drug-likeness (QED) is 0.739. The van der Waals surface area contributed by atoms with Crippen molar-refractivity contribution in [3.8, 4) is 0 Å². The van der Waals surface area contributed by atoms with Crippen LogP contribution in [0.3, 0.4) is 0 Å². The molecular formula is C19H21ClFN5O2. The summed E-state index contributed by atoms with van der Waals surface area (Å²) in [6.45, 7) is 1.39. The Hall–Kier alpha value is -2.48. The minimum absolute atomic E-state index is 0.0474. The summed E-state index contributed by atoms with van der Waals surface area (Å²) in [6.07, 6.45) is 5.14. The molecule has 0 spiro atoms. The number of nitrogens with zero attached hydrogens (tertiary/aromatic N) is 5. The first kappa shape index (κ1) is 18.9. The second kappa shape index (κ2) is 7.87. The Labute approximate surface area is 167 Å². The smallest absolute Gasteiger partial charge is 0.225 e. The maximum absolute atomic E-state index is 14.1. The molecule has 28 heavy (non-hydrogen) atoms. The number of aryl methyl sites for hydroxylation is 1. The molecule has 9 heteroatoms. The molecule has 2 amide bonds. The number of likely N-dealkylation sites (tertiary alicyclic amines) is 2. The van der Waals surface area contributed by atoms with Crippen LogP contribution in [0.2, 0.25) is 5.02 Å². The summed E-state index contributed by atoms with van der Waals surface area (Å²) in [5, 5.41) is 4.34. The van der Waals surface area contributed by atoms with Crippen LogP contribution in [-0.4, -0.2) is 55.0 Å². The van der Waals surface area contributed by atoms with E-state index in [-0.39, 0.29) is 36.9 Å². The molecule has 1 aromatic carbocycles. The van der Waals surface area contributed by atoms with Gasteiger partial charge in [-0.2, -0.15) is 5.10 Å². The third-order valence-corrected chi connectivity index (χ3v) is 5.92. The minimum Gasteiger partial charge on any atom is -0.337 e. The Kier molecular flexibility index (Phi) is 5.30. The molecule has 2 aromatic rings. The second-order valence-corrected chi connectivity index (χ2v) is 7.61. The number of hydrogen-bond donors (Lipinski definition) is 0. The minimum atomic E-state index is -0.414. The molecule has 1 aromatic heterocycles. The van der Waals surface area contributed by atoms with Crippen molar-refractivity contribution in [2.45, 2.75) is 50.9 Å². The molecule has 0 saturated carbocycles. The van der Waals surface area contributed by atoms with Gasteiger partial charge in [-0.05, 0) is 25.0 Å². The monoisotopic (exact) mass is 405 g/mol. The van der Waals surface area contributed by atoms with Crippen molar-refractivity contribution in [3.63, 3.8) is 0 Å². The molecular weight excluding hydrogens is 385 g/mol. The number of amides is 2. The molecule has 2 aliphatic rings. The lowest BCUT2D eigenvalue weighted by molar-refractivity contribution is -0.132. The first-order valence-corrected chi connectivity index (χ1v) is 9.76. The lowest BCUT2D eigenvalue weighted by Crippen LogP contribution is -2.39. The summed E-state index contributed by atoms with van der Waals surface area (Å²) in [4.78, 5) is 32.6. The van der Waals surface area contributed by atoms with Gasteiger partial charge in [-0.1, -0.05) is 17.7 Å². The SMILES string of the molecule is O=C(CCCn1cncn1)N1CC[C@H]2[C@@H]1CC(=O)N2Cc1c(F)cccc1Cl. The first-order valence-electron chi connectivity index (χ1n) is 9.39. The van der Waals surface area contributed by atoms with E-state index in [2.05, 4.69) is 10.1 Å². The number of benzene rings is 1. The molecule has 0 unspecified atom stereocenters. The number of fused-ring (bicyclic) bond motifs is 1. The van der Waals surface area contributed by atoms with Gasteiger partial charge in [-0.3, -0.25) is 14.3 Å². The Bertz CT molecular complexity index is 855. The van der Waals surface area contributed by atoms with Crippen molar-refractivity contribution in [3.05, 3.63) is 47.3 Å². The van der Waals surface area contributed by atoms with Gasteiger partial charge in [0.1, 0.15) is 18.5 Å². The van der Waals surface area contributed by atoms with E-state index in [4.69, 9.17) is 11.6 Å². The lowest BCUT2D eigenvalue weighted by atomic mass is 10.1. The fourth-order valence-electron chi connectivity index (χ4n) is 4.18. The summed E-state index contributed by atoms with van der Waals surface area (Å²) in [5.74, 6) is -0.427. The number of rotatable bonds is 6. The van der Waals surface area contributed by atoms with E-state index in [1.807, 2.05) is 4.90 Å². The molecule has 0 aliphatic carbocycles. The summed E-state index contributed by atoms with van der Waals surface area (Å²) >= 11 is 6.12. The van der Waals surface area contributed by atoms with Gasteiger partial charge in [0, 0.05) is 36.5 Å². The fourth-order valence-corrected chi connectivity index (χ4v) is 4.40. The van der Waals surface area contributed by atoms with E-state index in [9.17, 15) is 14.0 Å². The highest BCUT2D eigenvalue weighted by atomic mass is 35.5. The number of carbonyl (C=O) groups excluding carboxylic acids is 2. The second-order valence-electron chi connectivity index (χ2n) is 7.20. The van der Waals surface area contributed by atoms with Crippen LogP contribution in [0.25, 0.3) is 0 Å². The summed E-state index contributed by atoms with van der Waals surface area (Å²) in [6, 6.07) is 4.29. The zero-order chi connectivity index (χ0) is 19.7. The number of halogens is 2. The number of aromatic nitrogens is 3. The number of carbonyl (C=O) groups is 2. The standard InChI is InChI=1S/C19H21ClFN5O2/c20-14-3-1-4-15(21)13(14)10-26-16-6-8-25(17(16)9-19(26)28)18(27)5-2-7-24-12-22-11-23-24/h1,3-4,11-12,16-17H,2,5-10H2/t16-,17-/m0/s1. The molecule has 2 fully saturated rings. The summed E-state index contributed by atoms with van der Waals surface area (Å²) in [5.41, 5.74) is 0.329. The molecule has 148 valence electrons. The maximum Gasteiger partial charge on any atom is 0.225 e. The van der Waals surface area contributed by atoms with Gasteiger partial charge in [0.2, 0.25) is 11.8 Å². The Morgan fingerprint density at radius 2 is 2.18 bits per heavy atom. The van der Waals surface area contributed by atoms with Crippen LogP contribution in [0.15, 0.2) is 30.9 Å². The van der Waals surface area contributed by atoms with Crippen LogP contribution in [-0.2, 0) is 22.7 Å². The normalized spacial score (nSPS) is 21.4. The van der Waals surface area contributed by atoms with E-state index in [0.29, 0.717) is 42.9 Å². The molecule has 2 aliphatic heterocycles. The predicted octanol–water partition coefficient (Wildman–Crippen LogP) is 2.25. The van der Waals surface area contributed by atoms with E-state index in [0.717, 1.165) is 0 Å². The highest BCUT2D eigenvalue weighted by Gasteiger charge is 2.48. The van der Waals surface area contributed by atoms with Gasteiger partial charge in [-0.25, -0.2) is 9.37 Å². The molecule has 0 N–H and O–H groups in total. The van der Waals surface area contributed by atoms with Crippen molar-refractivity contribution < 1.29 is 14.0 Å². The molecule has 2 atom stereocenters. The maximum atomic E-state index is 14.1. The summed E-state index contributed by atoms with van der Waals surface area (Å²) in [7, 11) is 0. The highest BCUT2D eigenvalue weighted by Crippen LogP contribution is 2.35. The predicted molar refractivity (Wildman–Crippen MR) is 99.7 cm³/mol. The molecule has 3 heterocycles. The van der Waals surface area contributed by atoms with Crippen molar-refractivity contribution in [1.82, 2.24) is 24.6 Å². The third kappa shape index (κ3) is 3.61. The van der Waals surface area contributed by atoms with E-state index < -0.39 is 5.82 Å². The Morgan fingerprint density at radius 1 is 1.32 bits per heavy atom. The van der Waals surface area contributed by atoms with Crippen LogP contribution >= 0.6 is 11.6 Å². The average molecular weight is 406 g/mol. The average Bonchev–Trinajstić information content (AvgIpc) is 3.37. The highest BCUT2D eigenvalue weighted by molar-refractivity contribution is 6.31. The topological polar surface area (TPSA) is 71.3 Å². The van der Waals surface area contributed by atoms with Crippen LogP contribution in [0.5, 0.6) is 0 Å². The van der Waals surface area contributed by atoms with Crippen LogP contribution in [0.1, 0.15) is 31.2 Å². The molecule has 0 radical (unpaired) electrons. The van der Waals surface area contributed by atoms with Crippen LogP contribution in [0, 0.1) is 5.82 Å². The molecule has 4 rings (SSSR count). The molecule has 2 saturated heterocycles. The molecule has 0 bridgehead atoms.